The van der Waals surface area contributed by atoms with Gasteiger partial charge in [-0.1, -0.05) is 17.7 Å². The SMILES string of the molecule is Cn1c(=O)c2ncn(CC(=O)Nc3cccc(Cl)c3)c2n(C)c1=O. The molecule has 0 radical (unpaired) electrons. The number of rotatable bonds is 3. The van der Waals surface area contributed by atoms with Crippen molar-refractivity contribution in [2.45, 2.75) is 6.54 Å². The summed E-state index contributed by atoms with van der Waals surface area (Å²) in [4.78, 5) is 40.4. The fourth-order valence-electron chi connectivity index (χ4n) is 2.48. The highest BCUT2D eigenvalue weighted by molar-refractivity contribution is 6.30. The molecule has 2 aromatic heterocycles. The summed E-state index contributed by atoms with van der Waals surface area (Å²) < 4.78 is 3.72. The van der Waals surface area contributed by atoms with E-state index in [4.69, 9.17) is 11.6 Å². The van der Waals surface area contributed by atoms with Gasteiger partial charge in [0.1, 0.15) is 12.2 Å². The molecule has 3 rings (SSSR count). The summed E-state index contributed by atoms with van der Waals surface area (Å²) in [5, 5.41) is 3.21. The number of benzene rings is 1. The predicted molar refractivity (Wildman–Crippen MR) is 90.3 cm³/mol. The number of amides is 1. The number of nitrogens with one attached hydrogen (secondary N) is 1. The smallest absolute Gasteiger partial charge is 0.324 e. The lowest BCUT2D eigenvalue weighted by Gasteiger charge is -2.09. The third-order valence-electron chi connectivity index (χ3n) is 3.63. The molecule has 0 saturated heterocycles. The zero-order valence-electron chi connectivity index (χ0n) is 13.0. The van der Waals surface area contributed by atoms with E-state index in [2.05, 4.69) is 10.3 Å². The average molecular weight is 348 g/mol. The predicted octanol–water partition coefficient (Wildman–Crippen LogP) is 0.726. The molecule has 0 spiro atoms. The topological polar surface area (TPSA) is 90.9 Å². The second-order valence-electron chi connectivity index (χ2n) is 5.31. The van der Waals surface area contributed by atoms with Crippen molar-refractivity contribution in [2.75, 3.05) is 5.32 Å². The van der Waals surface area contributed by atoms with Crippen molar-refractivity contribution in [1.29, 1.82) is 0 Å². The largest absolute Gasteiger partial charge is 0.332 e. The van der Waals surface area contributed by atoms with Crippen LogP contribution < -0.4 is 16.6 Å². The van der Waals surface area contributed by atoms with Gasteiger partial charge in [-0.3, -0.25) is 18.7 Å². The van der Waals surface area contributed by atoms with Crippen LogP contribution in [0.2, 0.25) is 5.02 Å². The lowest BCUT2D eigenvalue weighted by atomic mass is 10.3. The zero-order chi connectivity index (χ0) is 17.4. The van der Waals surface area contributed by atoms with Crippen LogP contribution in [0.5, 0.6) is 0 Å². The van der Waals surface area contributed by atoms with Crippen LogP contribution >= 0.6 is 11.6 Å². The Morgan fingerprint density at radius 1 is 1.25 bits per heavy atom. The van der Waals surface area contributed by atoms with E-state index < -0.39 is 11.2 Å². The molecule has 3 aromatic rings. The molecule has 124 valence electrons. The van der Waals surface area contributed by atoms with E-state index in [1.807, 2.05) is 0 Å². The summed E-state index contributed by atoms with van der Waals surface area (Å²) in [5.74, 6) is -0.329. The van der Waals surface area contributed by atoms with Crippen molar-refractivity contribution in [3.8, 4) is 0 Å². The third kappa shape index (κ3) is 2.71. The van der Waals surface area contributed by atoms with E-state index in [0.29, 0.717) is 16.4 Å². The third-order valence-corrected chi connectivity index (χ3v) is 3.87. The Morgan fingerprint density at radius 3 is 2.71 bits per heavy atom. The van der Waals surface area contributed by atoms with Crippen LogP contribution in [0.3, 0.4) is 0 Å². The lowest BCUT2D eigenvalue weighted by molar-refractivity contribution is -0.116. The zero-order valence-corrected chi connectivity index (χ0v) is 13.7. The van der Waals surface area contributed by atoms with Crippen LogP contribution in [0.15, 0.2) is 40.2 Å². The minimum Gasteiger partial charge on any atom is -0.324 e. The van der Waals surface area contributed by atoms with Gasteiger partial charge < -0.3 is 9.88 Å². The number of fused-ring (bicyclic) bond motifs is 1. The summed E-state index contributed by atoms with van der Waals surface area (Å²) >= 11 is 5.88. The summed E-state index contributed by atoms with van der Waals surface area (Å²) in [6.07, 6.45) is 1.36. The molecule has 0 atom stereocenters. The first-order chi connectivity index (χ1) is 11.4. The summed E-state index contributed by atoms with van der Waals surface area (Å²) in [6.45, 7) is -0.0938. The number of aryl methyl sites for hydroxylation is 1. The van der Waals surface area contributed by atoms with E-state index >= 15 is 0 Å². The highest BCUT2D eigenvalue weighted by atomic mass is 35.5. The first-order valence-electron chi connectivity index (χ1n) is 7.04. The number of hydrogen-bond donors (Lipinski definition) is 1. The maximum atomic E-state index is 12.2. The fourth-order valence-corrected chi connectivity index (χ4v) is 2.67. The molecule has 0 saturated carbocycles. The molecule has 0 fully saturated rings. The lowest BCUT2D eigenvalue weighted by Crippen LogP contribution is -2.37. The monoisotopic (exact) mass is 347 g/mol. The van der Waals surface area contributed by atoms with Crippen LogP contribution in [0.4, 0.5) is 5.69 Å². The summed E-state index contributed by atoms with van der Waals surface area (Å²) in [5.41, 5.74) is 0.00724. The van der Waals surface area contributed by atoms with Crippen LogP contribution in [0, 0.1) is 0 Å². The van der Waals surface area contributed by atoms with Crippen LogP contribution in [-0.4, -0.2) is 24.6 Å². The Hall–Kier alpha value is -2.87. The molecule has 0 bridgehead atoms. The van der Waals surface area contributed by atoms with Crippen molar-refractivity contribution >= 4 is 34.4 Å². The van der Waals surface area contributed by atoms with Crippen molar-refractivity contribution in [3.63, 3.8) is 0 Å². The average Bonchev–Trinajstić information content (AvgIpc) is 2.94. The molecule has 1 aromatic carbocycles. The van der Waals surface area contributed by atoms with E-state index in [1.165, 1.54) is 29.6 Å². The minimum atomic E-state index is -0.498. The molecule has 24 heavy (non-hydrogen) atoms. The highest BCUT2D eigenvalue weighted by Gasteiger charge is 2.15. The van der Waals surface area contributed by atoms with Crippen molar-refractivity contribution in [1.82, 2.24) is 18.7 Å². The van der Waals surface area contributed by atoms with Gasteiger partial charge in [0.05, 0.1) is 6.33 Å². The molecule has 1 N–H and O–H groups in total. The fraction of sp³-hybridized carbons (Fsp3) is 0.200. The van der Waals surface area contributed by atoms with Gasteiger partial charge in [-0.25, -0.2) is 9.78 Å². The van der Waals surface area contributed by atoms with Crippen molar-refractivity contribution in [2.24, 2.45) is 14.1 Å². The van der Waals surface area contributed by atoms with E-state index in [9.17, 15) is 14.4 Å². The van der Waals surface area contributed by atoms with Crippen LogP contribution in [0.25, 0.3) is 11.2 Å². The van der Waals surface area contributed by atoms with Crippen molar-refractivity contribution < 1.29 is 4.79 Å². The Bertz CT molecular complexity index is 1060. The molecule has 9 heteroatoms. The van der Waals surface area contributed by atoms with Gasteiger partial charge in [-0.15, -0.1) is 0 Å². The number of aromatic nitrogens is 4. The first-order valence-corrected chi connectivity index (χ1v) is 7.42. The molecule has 8 nitrogen and oxygen atoms in total. The molecule has 2 heterocycles. The highest BCUT2D eigenvalue weighted by Crippen LogP contribution is 2.15. The molecular formula is C15H14ClN5O3. The molecule has 0 unspecified atom stereocenters. The van der Waals surface area contributed by atoms with Gasteiger partial charge in [0.15, 0.2) is 5.52 Å². The second-order valence-corrected chi connectivity index (χ2v) is 5.75. The number of hydrogen-bond acceptors (Lipinski definition) is 4. The minimum absolute atomic E-state index is 0.0938. The standard InChI is InChI=1S/C15H14ClN5O3/c1-19-13-12(14(23)20(2)15(19)24)17-8-21(13)7-11(22)18-10-5-3-4-9(16)6-10/h3-6,8H,7H2,1-2H3,(H,18,22). The molecular weight excluding hydrogens is 334 g/mol. The number of halogens is 1. The maximum absolute atomic E-state index is 12.2. The van der Waals surface area contributed by atoms with Gasteiger partial charge in [0, 0.05) is 24.8 Å². The van der Waals surface area contributed by atoms with Gasteiger partial charge in [0.25, 0.3) is 5.56 Å². The summed E-state index contributed by atoms with van der Waals surface area (Å²) in [6, 6.07) is 6.75. The van der Waals surface area contributed by atoms with Gasteiger partial charge in [-0.2, -0.15) is 0 Å². The number of carbonyl (C=O) groups excluding carboxylic acids is 1. The Morgan fingerprint density at radius 2 is 2.00 bits per heavy atom. The maximum Gasteiger partial charge on any atom is 0.332 e. The normalized spacial score (nSPS) is 11.0. The Balaban J connectivity index is 1.95. The second kappa shape index (κ2) is 5.97. The van der Waals surface area contributed by atoms with E-state index in [1.54, 1.807) is 24.3 Å². The molecule has 0 aliphatic carbocycles. The van der Waals surface area contributed by atoms with Crippen LogP contribution in [-0.2, 0) is 25.4 Å². The molecule has 1 amide bonds. The first kappa shape index (κ1) is 16.0. The van der Waals surface area contributed by atoms with Crippen LogP contribution in [0.1, 0.15) is 0 Å². The van der Waals surface area contributed by atoms with Gasteiger partial charge >= 0.3 is 5.69 Å². The molecule has 0 aliphatic rings. The van der Waals surface area contributed by atoms with E-state index in [0.717, 1.165) is 4.57 Å². The number of imidazole rings is 1. The van der Waals surface area contributed by atoms with Gasteiger partial charge in [-0.05, 0) is 18.2 Å². The van der Waals surface area contributed by atoms with Gasteiger partial charge in [0.2, 0.25) is 5.91 Å². The molecule has 0 aliphatic heterocycles. The quantitative estimate of drug-likeness (QED) is 0.756. The number of anilines is 1. The number of nitrogens with zero attached hydrogens (tertiary/aromatic N) is 4. The summed E-state index contributed by atoms with van der Waals surface area (Å²) in [7, 11) is 2.91. The Kier molecular flexibility index (Phi) is 3.98. The Labute approximate surface area is 140 Å². The van der Waals surface area contributed by atoms with E-state index in [-0.39, 0.29) is 18.0 Å². The van der Waals surface area contributed by atoms with Crippen molar-refractivity contribution in [3.05, 3.63) is 56.5 Å². The number of carbonyl (C=O) groups is 1.